The number of nitrogens with two attached hydrogens (primary N) is 1. The number of hydrogen-bond acceptors (Lipinski definition) is 4. The summed E-state index contributed by atoms with van der Waals surface area (Å²) in [4.78, 5) is 1.64. The van der Waals surface area contributed by atoms with E-state index >= 15 is 0 Å². The molecule has 0 spiro atoms. The van der Waals surface area contributed by atoms with Gasteiger partial charge in [-0.1, -0.05) is 6.07 Å². The summed E-state index contributed by atoms with van der Waals surface area (Å²) in [6.45, 7) is 2.10. The highest BCUT2D eigenvalue weighted by molar-refractivity contribution is 7.89. The highest BCUT2D eigenvalue weighted by Gasteiger charge is 2.20. The molecule has 0 radical (unpaired) electrons. The number of likely N-dealkylation sites (N-methyl/N-ethyl adjacent to an activating group) is 1. The van der Waals surface area contributed by atoms with Crippen LogP contribution in [0.2, 0.25) is 0 Å². The van der Waals surface area contributed by atoms with Crippen LogP contribution in [0, 0.1) is 5.82 Å². The molecule has 1 aromatic rings. The topological polar surface area (TPSA) is 75.4 Å². The molecule has 0 fully saturated rings. The van der Waals surface area contributed by atoms with Crippen LogP contribution in [0.15, 0.2) is 23.1 Å². The van der Waals surface area contributed by atoms with Crippen LogP contribution in [0.5, 0.6) is 0 Å². The Bertz CT molecular complexity index is 517. The highest BCUT2D eigenvalue weighted by atomic mass is 32.2. The molecule has 0 aliphatic heterocycles. The van der Waals surface area contributed by atoms with E-state index in [9.17, 15) is 12.8 Å². The number of nitrogens with zero attached hydrogens (tertiary/aromatic N) is 1. The summed E-state index contributed by atoms with van der Waals surface area (Å²) < 4.78 is 39.5. The number of sulfonamides is 1. The Kier molecular flexibility index (Phi) is 4.66. The van der Waals surface area contributed by atoms with Crippen LogP contribution in [0.3, 0.4) is 0 Å². The minimum absolute atomic E-state index is 0.0227. The number of para-hydroxylation sites is 1. The number of hydrogen-bond donors (Lipinski definition) is 2. The normalized spacial score (nSPS) is 13.8. The van der Waals surface area contributed by atoms with Crippen molar-refractivity contribution >= 4 is 15.7 Å². The standard InChI is InChI=1S/C11H18FN3O2S/c1-8(15(2)3)7-14-18(16,17)10-6-4-5-9(12)11(10)13/h4-6,8,14H,7,13H2,1-3H3. The van der Waals surface area contributed by atoms with Crippen LogP contribution < -0.4 is 10.5 Å². The summed E-state index contributed by atoms with van der Waals surface area (Å²) in [5, 5.41) is 0. The Morgan fingerprint density at radius 3 is 2.61 bits per heavy atom. The third kappa shape index (κ3) is 3.41. The van der Waals surface area contributed by atoms with Crippen molar-refractivity contribution in [3.63, 3.8) is 0 Å². The van der Waals surface area contributed by atoms with Crippen LogP contribution >= 0.6 is 0 Å². The van der Waals surface area contributed by atoms with Gasteiger partial charge >= 0.3 is 0 Å². The number of benzene rings is 1. The highest BCUT2D eigenvalue weighted by Crippen LogP contribution is 2.20. The largest absolute Gasteiger partial charge is 0.395 e. The molecule has 1 unspecified atom stereocenters. The van der Waals surface area contributed by atoms with Crippen molar-refractivity contribution in [1.29, 1.82) is 0 Å². The smallest absolute Gasteiger partial charge is 0.242 e. The summed E-state index contributed by atoms with van der Waals surface area (Å²) in [6.07, 6.45) is 0. The van der Waals surface area contributed by atoms with Gasteiger partial charge in [0.25, 0.3) is 0 Å². The van der Waals surface area contributed by atoms with Crippen molar-refractivity contribution in [2.75, 3.05) is 26.4 Å². The molecular weight excluding hydrogens is 257 g/mol. The summed E-state index contributed by atoms with van der Waals surface area (Å²) in [7, 11) is -0.0982. The van der Waals surface area contributed by atoms with E-state index in [2.05, 4.69) is 4.72 Å². The van der Waals surface area contributed by atoms with Gasteiger partial charge in [0, 0.05) is 12.6 Å². The Balaban J connectivity index is 2.91. The average molecular weight is 275 g/mol. The van der Waals surface area contributed by atoms with Crippen molar-refractivity contribution in [2.24, 2.45) is 0 Å². The maximum Gasteiger partial charge on any atom is 0.242 e. The minimum Gasteiger partial charge on any atom is -0.395 e. The lowest BCUT2D eigenvalue weighted by Crippen LogP contribution is -2.38. The van der Waals surface area contributed by atoms with Crippen molar-refractivity contribution in [2.45, 2.75) is 17.9 Å². The fourth-order valence-electron chi connectivity index (χ4n) is 1.24. The number of rotatable bonds is 5. The molecule has 0 aliphatic rings. The molecule has 0 aliphatic carbocycles. The molecule has 18 heavy (non-hydrogen) atoms. The SMILES string of the molecule is CC(CNS(=O)(=O)c1cccc(F)c1N)N(C)C. The number of halogens is 1. The van der Waals surface area contributed by atoms with Crippen LogP contribution in [0.25, 0.3) is 0 Å². The molecule has 7 heteroatoms. The molecule has 3 N–H and O–H groups in total. The zero-order chi connectivity index (χ0) is 13.9. The number of anilines is 1. The van der Waals surface area contributed by atoms with Gasteiger partial charge in [-0.05, 0) is 33.2 Å². The molecule has 0 saturated heterocycles. The third-order valence-corrected chi connectivity index (χ3v) is 4.23. The van der Waals surface area contributed by atoms with Crippen molar-refractivity contribution in [3.05, 3.63) is 24.0 Å². The van der Waals surface area contributed by atoms with E-state index in [1.165, 1.54) is 12.1 Å². The first kappa shape index (κ1) is 14.9. The van der Waals surface area contributed by atoms with Gasteiger partial charge in [-0.25, -0.2) is 17.5 Å². The summed E-state index contributed by atoms with van der Waals surface area (Å²) in [5.74, 6) is -0.737. The minimum atomic E-state index is -3.78. The van der Waals surface area contributed by atoms with Crippen molar-refractivity contribution < 1.29 is 12.8 Å². The van der Waals surface area contributed by atoms with Gasteiger partial charge in [-0.3, -0.25) is 0 Å². The fraction of sp³-hybridized carbons (Fsp3) is 0.455. The maximum atomic E-state index is 13.2. The second-order valence-electron chi connectivity index (χ2n) is 4.32. The van der Waals surface area contributed by atoms with E-state index < -0.39 is 15.8 Å². The predicted octanol–water partition coefficient (Wildman–Crippen LogP) is 0.636. The van der Waals surface area contributed by atoms with Gasteiger partial charge in [-0.15, -0.1) is 0 Å². The molecule has 1 aromatic carbocycles. The van der Waals surface area contributed by atoms with Gasteiger partial charge in [0.15, 0.2) is 0 Å². The first-order valence-corrected chi connectivity index (χ1v) is 6.94. The number of nitrogen functional groups attached to an aromatic ring is 1. The maximum absolute atomic E-state index is 13.2. The van der Waals surface area contributed by atoms with E-state index in [4.69, 9.17) is 5.73 Å². The summed E-state index contributed by atoms with van der Waals surface area (Å²) in [6, 6.07) is 3.74. The van der Waals surface area contributed by atoms with Crippen molar-refractivity contribution in [3.8, 4) is 0 Å². The molecule has 0 heterocycles. The average Bonchev–Trinajstić information content (AvgIpc) is 2.29. The molecule has 5 nitrogen and oxygen atoms in total. The zero-order valence-electron chi connectivity index (χ0n) is 10.6. The second-order valence-corrected chi connectivity index (χ2v) is 6.05. The van der Waals surface area contributed by atoms with Gasteiger partial charge in [0.05, 0.1) is 5.69 Å². The monoisotopic (exact) mass is 275 g/mol. The van der Waals surface area contributed by atoms with E-state index in [0.717, 1.165) is 6.07 Å². The fourth-order valence-corrected chi connectivity index (χ4v) is 2.50. The lowest BCUT2D eigenvalue weighted by molar-refractivity contribution is 0.314. The third-order valence-electron chi connectivity index (χ3n) is 2.75. The summed E-state index contributed by atoms with van der Waals surface area (Å²) >= 11 is 0. The van der Waals surface area contributed by atoms with E-state index in [1.807, 2.05) is 25.9 Å². The first-order valence-electron chi connectivity index (χ1n) is 5.46. The van der Waals surface area contributed by atoms with Crippen LogP contribution in [0.4, 0.5) is 10.1 Å². The van der Waals surface area contributed by atoms with E-state index in [-0.39, 0.29) is 23.2 Å². The number of nitrogens with one attached hydrogen (secondary N) is 1. The molecular formula is C11H18FN3O2S. The Morgan fingerprint density at radius 2 is 2.06 bits per heavy atom. The van der Waals surface area contributed by atoms with Gasteiger partial charge in [-0.2, -0.15) is 0 Å². The molecule has 102 valence electrons. The molecule has 0 aromatic heterocycles. The quantitative estimate of drug-likeness (QED) is 0.773. The predicted molar refractivity (Wildman–Crippen MR) is 69.1 cm³/mol. The second kappa shape index (κ2) is 5.64. The van der Waals surface area contributed by atoms with E-state index in [0.29, 0.717) is 0 Å². The van der Waals surface area contributed by atoms with Crippen LogP contribution in [0.1, 0.15) is 6.92 Å². The van der Waals surface area contributed by atoms with E-state index in [1.54, 1.807) is 0 Å². The van der Waals surface area contributed by atoms with Gasteiger partial charge in [0.1, 0.15) is 10.7 Å². The van der Waals surface area contributed by atoms with Crippen molar-refractivity contribution in [1.82, 2.24) is 9.62 Å². The molecule has 0 amide bonds. The lowest BCUT2D eigenvalue weighted by atomic mass is 10.3. The molecule has 1 atom stereocenters. The van der Waals surface area contributed by atoms with Gasteiger partial charge in [0.2, 0.25) is 10.0 Å². The molecule has 1 rings (SSSR count). The van der Waals surface area contributed by atoms with Crippen LogP contribution in [-0.4, -0.2) is 40.0 Å². The Morgan fingerprint density at radius 1 is 1.44 bits per heavy atom. The Hall–Kier alpha value is -1.18. The lowest BCUT2D eigenvalue weighted by Gasteiger charge is -2.20. The Labute approximate surface area is 107 Å². The van der Waals surface area contributed by atoms with Crippen LogP contribution in [-0.2, 0) is 10.0 Å². The van der Waals surface area contributed by atoms with Gasteiger partial charge < -0.3 is 10.6 Å². The molecule has 0 saturated carbocycles. The molecule has 0 bridgehead atoms. The summed E-state index contributed by atoms with van der Waals surface area (Å²) in [5.41, 5.74) is 5.07. The zero-order valence-corrected chi connectivity index (χ0v) is 11.5. The first-order chi connectivity index (χ1) is 8.25.